The molecule has 2 rings (SSSR count). The molecule has 0 spiro atoms. The summed E-state index contributed by atoms with van der Waals surface area (Å²) in [4.78, 5) is 0. The Labute approximate surface area is 119 Å². The zero-order valence-electron chi connectivity index (χ0n) is 11.4. The summed E-state index contributed by atoms with van der Waals surface area (Å²) >= 11 is 0. The van der Waals surface area contributed by atoms with Crippen LogP contribution in [0.3, 0.4) is 0 Å². The van der Waals surface area contributed by atoms with Gasteiger partial charge in [0, 0.05) is 5.75 Å². The first-order chi connectivity index (χ1) is 9.52. The van der Waals surface area contributed by atoms with E-state index in [1.54, 1.807) is 19.1 Å². The van der Waals surface area contributed by atoms with E-state index in [0.29, 0.717) is 5.56 Å². The van der Waals surface area contributed by atoms with E-state index in [-0.39, 0.29) is 11.5 Å². The van der Waals surface area contributed by atoms with Crippen LogP contribution < -0.4 is 0 Å². The van der Waals surface area contributed by atoms with Crippen molar-refractivity contribution in [3.05, 3.63) is 60.2 Å². The summed E-state index contributed by atoms with van der Waals surface area (Å²) in [6.07, 6.45) is -0.968. The number of hydrogen-bond donors (Lipinski definition) is 1. The average molecular weight is 290 g/mol. The fourth-order valence-electron chi connectivity index (χ4n) is 1.98. The second-order valence-electron chi connectivity index (χ2n) is 4.70. The normalized spacial score (nSPS) is 13.1. The Morgan fingerprint density at radius 2 is 1.50 bits per heavy atom. The van der Waals surface area contributed by atoms with E-state index in [4.69, 9.17) is 0 Å². The summed E-state index contributed by atoms with van der Waals surface area (Å²) < 4.78 is 23.0. The monoisotopic (exact) mass is 290 g/mol. The first-order valence-corrected chi connectivity index (χ1v) is 8.38. The van der Waals surface area contributed by atoms with Crippen LogP contribution in [0.15, 0.2) is 54.6 Å². The molecule has 3 nitrogen and oxygen atoms in total. The van der Waals surface area contributed by atoms with Crippen LogP contribution in [-0.4, -0.2) is 25.0 Å². The van der Waals surface area contributed by atoms with Crippen LogP contribution in [0.25, 0.3) is 11.1 Å². The van der Waals surface area contributed by atoms with Crippen molar-refractivity contribution in [2.45, 2.75) is 13.0 Å². The quantitative estimate of drug-likeness (QED) is 0.921. The van der Waals surface area contributed by atoms with Crippen LogP contribution >= 0.6 is 0 Å². The van der Waals surface area contributed by atoms with Crippen molar-refractivity contribution < 1.29 is 13.5 Å². The molecule has 0 radical (unpaired) electrons. The van der Waals surface area contributed by atoms with E-state index in [2.05, 4.69) is 0 Å². The largest absolute Gasteiger partial charge is 0.387 e. The summed E-state index contributed by atoms with van der Waals surface area (Å²) in [6.45, 7) is 1.58. The zero-order chi connectivity index (χ0) is 14.6. The Hall–Kier alpha value is -1.65. The highest BCUT2D eigenvalue weighted by Crippen LogP contribution is 2.22. The summed E-state index contributed by atoms with van der Waals surface area (Å²) in [6, 6.07) is 17.2. The summed E-state index contributed by atoms with van der Waals surface area (Å²) in [5.74, 6) is -0.180. The van der Waals surface area contributed by atoms with E-state index < -0.39 is 15.9 Å². The van der Waals surface area contributed by atoms with Crippen LogP contribution in [-0.2, 0) is 9.84 Å². The van der Waals surface area contributed by atoms with Gasteiger partial charge < -0.3 is 5.11 Å². The molecule has 0 aliphatic heterocycles. The van der Waals surface area contributed by atoms with Gasteiger partial charge in [-0.15, -0.1) is 0 Å². The minimum Gasteiger partial charge on any atom is -0.387 e. The summed E-state index contributed by atoms with van der Waals surface area (Å²) in [5, 5.41) is 9.97. The second kappa shape index (κ2) is 6.20. The number of rotatable bonds is 5. The van der Waals surface area contributed by atoms with Crippen molar-refractivity contribution in [3.63, 3.8) is 0 Å². The first kappa shape index (κ1) is 14.8. The number of benzene rings is 2. The van der Waals surface area contributed by atoms with Crippen molar-refractivity contribution in [1.29, 1.82) is 0 Å². The highest BCUT2D eigenvalue weighted by molar-refractivity contribution is 7.91. The van der Waals surface area contributed by atoms with Crippen molar-refractivity contribution in [3.8, 4) is 11.1 Å². The maximum absolute atomic E-state index is 11.5. The van der Waals surface area contributed by atoms with Gasteiger partial charge in [0.1, 0.15) is 0 Å². The van der Waals surface area contributed by atoms with Gasteiger partial charge in [0.05, 0.1) is 11.9 Å². The van der Waals surface area contributed by atoms with Gasteiger partial charge in [-0.05, 0) is 16.7 Å². The fourth-order valence-corrected chi connectivity index (χ4v) is 2.89. The predicted octanol–water partition coefficient (Wildman–Crippen LogP) is 2.82. The lowest BCUT2D eigenvalue weighted by Gasteiger charge is -2.11. The fraction of sp³-hybridized carbons (Fsp3) is 0.250. The van der Waals surface area contributed by atoms with E-state index in [1.165, 1.54) is 0 Å². The Kier molecular flexibility index (Phi) is 4.57. The second-order valence-corrected chi connectivity index (χ2v) is 7.10. The molecule has 1 N–H and O–H groups in total. The summed E-state index contributed by atoms with van der Waals surface area (Å²) in [5.41, 5.74) is 2.76. The van der Waals surface area contributed by atoms with Gasteiger partial charge in [-0.1, -0.05) is 61.5 Å². The zero-order valence-corrected chi connectivity index (χ0v) is 12.2. The standard InChI is InChI=1S/C16H18O3S/c1-2-20(18,19)12-16(17)15-10-8-14(9-11-15)13-6-4-3-5-7-13/h3-11,16-17H,2,12H2,1H3. The Morgan fingerprint density at radius 1 is 0.950 bits per heavy atom. The smallest absolute Gasteiger partial charge is 0.152 e. The maximum Gasteiger partial charge on any atom is 0.152 e. The molecule has 0 aromatic heterocycles. The third-order valence-corrected chi connectivity index (χ3v) is 4.96. The highest BCUT2D eigenvalue weighted by Gasteiger charge is 2.16. The van der Waals surface area contributed by atoms with Crippen LogP contribution in [0.5, 0.6) is 0 Å². The van der Waals surface area contributed by atoms with Gasteiger partial charge in [-0.2, -0.15) is 0 Å². The van der Waals surface area contributed by atoms with Crippen molar-refractivity contribution in [2.75, 3.05) is 11.5 Å². The van der Waals surface area contributed by atoms with Gasteiger partial charge in [0.2, 0.25) is 0 Å². The minimum atomic E-state index is -3.18. The molecule has 0 aliphatic carbocycles. The van der Waals surface area contributed by atoms with Crippen molar-refractivity contribution in [2.24, 2.45) is 0 Å². The maximum atomic E-state index is 11.5. The SMILES string of the molecule is CCS(=O)(=O)CC(O)c1ccc(-c2ccccc2)cc1. The lowest BCUT2D eigenvalue weighted by Crippen LogP contribution is -2.16. The molecule has 20 heavy (non-hydrogen) atoms. The van der Waals surface area contributed by atoms with Gasteiger partial charge in [-0.3, -0.25) is 0 Å². The number of hydrogen-bond acceptors (Lipinski definition) is 3. The molecule has 2 aromatic carbocycles. The summed E-state index contributed by atoms with van der Waals surface area (Å²) in [7, 11) is -3.18. The lowest BCUT2D eigenvalue weighted by molar-refractivity contribution is 0.201. The lowest BCUT2D eigenvalue weighted by atomic mass is 10.0. The van der Waals surface area contributed by atoms with Crippen LogP contribution in [0.4, 0.5) is 0 Å². The number of aliphatic hydroxyl groups excluding tert-OH is 1. The molecular formula is C16H18O3S. The molecule has 4 heteroatoms. The third-order valence-electron chi connectivity index (χ3n) is 3.25. The van der Waals surface area contributed by atoms with Gasteiger partial charge >= 0.3 is 0 Å². The van der Waals surface area contributed by atoms with Crippen LogP contribution in [0.1, 0.15) is 18.6 Å². The Bertz CT molecular complexity index is 646. The molecule has 0 aliphatic rings. The van der Waals surface area contributed by atoms with E-state index in [1.807, 2.05) is 42.5 Å². The highest BCUT2D eigenvalue weighted by atomic mass is 32.2. The van der Waals surface area contributed by atoms with E-state index in [9.17, 15) is 13.5 Å². The molecule has 0 saturated heterocycles. The molecule has 0 saturated carbocycles. The Balaban J connectivity index is 2.16. The molecule has 1 unspecified atom stereocenters. The molecule has 0 amide bonds. The Morgan fingerprint density at radius 3 is 2.05 bits per heavy atom. The average Bonchev–Trinajstić information content (AvgIpc) is 2.48. The predicted molar refractivity (Wildman–Crippen MR) is 81.2 cm³/mol. The van der Waals surface area contributed by atoms with Crippen molar-refractivity contribution >= 4 is 9.84 Å². The van der Waals surface area contributed by atoms with Gasteiger partial charge in [0.25, 0.3) is 0 Å². The molecule has 2 aromatic rings. The molecule has 106 valence electrons. The molecule has 1 atom stereocenters. The van der Waals surface area contributed by atoms with Crippen LogP contribution in [0, 0.1) is 0 Å². The van der Waals surface area contributed by atoms with Crippen LogP contribution in [0.2, 0.25) is 0 Å². The van der Waals surface area contributed by atoms with Gasteiger partial charge in [-0.25, -0.2) is 8.42 Å². The molecule has 0 bridgehead atoms. The van der Waals surface area contributed by atoms with Gasteiger partial charge in [0.15, 0.2) is 9.84 Å². The molecule has 0 heterocycles. The first-order valence-electron chi connectivity index (χ1n) is 6.55. The molecular weight excluding hydrogens is 272 g/mol. The number of sulfone groups is 1. The van der Waals surface area contributed by atoms with E-state index in [0.717, 1.165) is 11.1 Å². The topological polar surface area (TPSA) is 54.4 Å². The minimum absolute atomic E-state index is 0.0478. The number of aliphatic hydroxyl groups is 1. The van der Waals surface area contributed by atoms with Crippen molar-refractivity contribution in [1.82, 2.24) is 0 Å². The van der Waals surface area contributed by atoms with E-state index >= 15 is 0 Å². The molecule has 0 fully saturated rings. The third kappa shape index (κ3) is 3.68.